The Morgan fingerprint density at radius 1 is 1.18 bits per heavy atom. The molecule has 0 bridgehead atoms. The molecule has 8 heteroatoms. The summed E-state index contributed by atoms with van der Waals surface area (Å²) in [5.41, 5.74) is 2.26. The first-order valence-corrected chi connectivity index (χ1v) is 11.9. The number of hydrogen-bond acceptors (Lipinski definition) is 6. The Morgan fingerprint density at radius 3 is 2.70 bits per heavy atom. The number of nitrogens with zero attached hydrogens (tertiary/aromatic N) is 4. The van der Waals surface area contributed by atoms with Crippen molar-refractivity contribution in [2.75, 3.05) is 50.6 Å². The van der Waals surface area contributed by atoms with Gasteiger partial charge in [0.25, 0.3) is 5.91 Å². The molecule has 0 saturated carbocycles. The van der Waals surface area contributed by atoms with E-state index < -0.39 is 0 Å². The second-order valence-corrected chi connectivity index (χ2v) is 9.80. The quantitative estimate of drug-likeness (QED) is 0.561. The van der Waals surface area contributed by atoms with Crippen molar-refractivity contribution in [2.45, 2.75) is 18.9 Å². The average Bonchev–Trinajstić information content (AvgIpc) is 3.48. The Labute approximate surface area is 197 Å². The molecule has 0 spiro atoms. The molecule has 2 aromatic heterocycles. The lowest BCUT2D eigenvalue weighted by atomic mass is 10.1. The van der Waals surface area contributed by atoms with Gasteiger partial charge in [0.15, 0.2) is 0 Å². The Morgan fingerprint density at radius 2 is 2.03 bits per heavy atom. The largest absolute Gasteiger partial charge is 0.497 e. The zero-order chi connectivity index (χ0) is 23.1. The fourth-order valence-electron chi connectivity index (χ4n) is 4.55. The maximum Gasteiger partial charge on any atom is 0.268 e. The fraction of sp³-hybridized carbons (Fsp3) is 0.360. The summed E-state index contributed by atoms with van der Waals surface area (Å²) < 4.78 is 19.7. The summed E-state index contributed by atoms with van der Waals surface area (Å²) in [6.45, 7) is 2.53. The molecule has 1 aromatic carbocycles. The second kappa shape index (κ2) is 8.76. The van der Waals surface area contributed by atoms with Gasteiger partial charge in [-0.1, -0.05) is 0 Å². The molecule has 172 valence electrons. The maximum absolute atomic E-state index is 14.6. The van der Waals surface area contributed by atoms with Gasteiger partial charge in [-0.25, -0.2) is 9.37 Å². The van der Waals surface area contributed by atoms with Gasteiger partial charge in [0.2, 0.25) is 0 Å². The third-order valence-corrected chi connectivity index (χ3v) is 7.76. The highest BCUT2D eigenvalue weighted by atomic mass is 32.1. The Balaban J connectivity index is 1.35. The van der Waals surface area contributed by atoms with Gasteiger partial charge in [0.05, 0.1) is 23.9 Å². The number of aromatic nitrogens is 1. The highest BCUT2D eigenvalue weighted by Gasteiger charge is 2.30. The van der Waals surface area contributed by atoms with E-state index in [1.54, 1.807) is 23.2 Å². The number of amides is 1. The number of halogens is 1. The third kappa shape index (κ3) is 4.09. The van der Waals surface area contributed by atoms with Crippen molar-refractivity contribution in [1.29, 1.82) is 0 Å². The summed E-state index contributed by atoms with van der Waals surface area (Å²) in [5, 5.41) is 0. The van der Waals surface area contributed by atoms with Gasteiger partial charge in [-0.3, -0.25) is 4.79 Å². The second-order valence-electron chi connectivity index (χ2n) is 8.74. The number of benzene rings is 1. The normalized spacial score (nSPS) is 18.2. The molecule has 0 aliphatic carbocycles. The van der Waals surface area contributed by atoms with Crippen LogP contribution in [0.4, 0.5) is 15.9 Å². The summed E-state index contributed by atoms with van der Waals surface area (Å²) in [6, 6.07) is 11.3. The van der Waals surface area contributed by atoms with Crippen LogP contribution >= 0.6 is 11.3 Å². The number of anilines is 2. The summed E-state index contributed by atoms with van der Waals surface area (Å²) in [7, 11) is 5.73. The number of fused-ring (bicyclic) bond motifs is 1. The molecular weight excluding hydrogens is 439 g/mol. The first kappa shape index (κ1) is 21.9. The van der Waals surface area contributed by atoms with E-state index in [1.807, 2.05) is 18.2 Å². The zero-order valence-electron chi connectivity index (χ0n) is 19.0. The lowest BCUT2D eigenvalue weighted by Gasteiger charge is -2.27. The van der Waals surface area contributed by atoms with Crippen molar-refractivity contribution in [3.05, 3.63) is 58.9 Å². The molecule has 2 aliphatic rings. The SMILES string of the molecule is COc1ccc(-c2cc3c(s2)C(=O)N(c2ccc(N4CC[C@@H](N(C)C)C4)nc2)CC3)c(F)c1. The molecule has 0 radical (unpaired) electrons. The van der Waals surface area contributed by atoms with Crippen LogP contribution in [-0.2, 0) is 6.42 Å². The van der Waals surface area contributed by atoms with E-state index in [0.717, 1.165) is 47.9 Å². The molecule has 5 rings (SSSR count). The first-order chi connectivity index (χ1) is 15.9. The Bertz CT molecular complexity index is 1180. The zero-order valence-corrected chi connectivity index (χ0v) is 19.9. The van der Waals surface area contributed by atoms with Gasteiger partial charge in [0, 0.05) is 42.2 Å². The number of methoxy groups -OCH3 is 1. The van der Waals surface area contributed by atoms with Gasteiger partial charge in [-0.2, -0.15) is 0 Å². The summed E-state index contributed by atoms with van der Waals surface area (Å²) >= 11 is 1.34. The van der Waals surface area contributed by atoms with Crippen molar-refractivity contribution in [2.24, 2.45) is 0 Å². The van der Waals surface area contributed by atoms with Gasteiger partial charge >= 0.3 is 0 Å². The summed E-state index contributed by atoms with van der Waals surface area (Å²) in [4.78, 5) is 25.7. The van der Waals surface area contributed by atoms with Crippen molar-refractivity contribution in [3.63, 3.8) is 0 Å². The van der Waals surface area contributed by atoms with Crippen LogP contribution in [0.2, 0.25) is 0 Å². The number of carbonyl (C=O) groups is 1. The van der Waals surface area contributed by atoms with E-state index in [4.69, 9.17) is 4.74 Å². The van der Waals surface area contributed by atoms with Crippen LogP contribution in [0.3, 0.4) is 0 Å². The highest BCUT2D eigenvalue weighted by Crippen LogP contribution is 2.38. The van der Waals surface area contributed by atoms with E-state index in [0.29, 0.717) is 28.8 Å². The molecule has 1 atom stereocenters. The number of carbonyl (C=O) groups excluding carboxylic acids is 1. The molecule has 1 saturated heterocycles. The molecule has 2 aliphatic heterocycles. The number of ether oxygens (including phenoxy) is 1. The molecule has 3 aromatic rings. The van der Waals surface area contributed by atoms with Gasteiger partial charge < -0.3 is 19.4 Å². The number of likely N-dealkylation sites (N-methyl/N-ethyl adjacent to an activating group) is 1. The number of thiophene rings is 1. The first-order valence-electron chi connectivity index (χ1n) is 11.1. The standard InChI is InChI=1S/C25H27FN4O2S/c1-28(2)18-9-10-29(15-18)23-7-4-17(14-27-23)30-11-8-16-12-22(33-24(16)25(30)31)20-6-5-19(32-3)13-21(20)26/h4-7,12-14,18H,8-11,15H2,1-3H3/t18-/m1/s1. The lowest BCUT2D eigenvalue weighted by Crippen LogP contribution is -2.36. The van der Waals surface area contributed by atoms with Crippen LogP contribution < -0.4 is 14.5 Å². The van der Waals surface area contributed by atoms with Crippen molar-refractivity contribution in [1.82, 2.24) is 9.88 Å². The van der Waals surface area contributed by atoms with Crippen LogP contribution in [0.5, 0.6) is 5.75 Å². The Hall–Kier alpha value is -2.97. The molecule has 4 heterocycles. The monoisotopic (exact) mass is 466 g/mol. The van der Waals surface area contributed by atoms with Gasteiger partial charge in [0.1, 0.15) is 17.4 Å². The van der Waals surface area contributed by atoms with Crippen LogP contribution in [0.15, 0.2) is 42.6 Å². The molecule has 33 heavy (non-hydrogen) atoms. The van der Waals surface area contributed by atoms with Crippen LogP contribution in [-0.4, -0.2) is 62.7 Å². The average molecular weight is 467 g/mol. The molecule has 0 N–H and O–H groups in total. The van der Waals surface area contributed by atoms with Crippen LogP contribution in [0.25, 0.3) is 10.4 Å². The minimum absolute atomic E-state index is 0.0511. The number of pyridine rings is 1. The number of hydrogen-bond donors (Lipinski definition) is 0. The predicted octanol–water partition coefficient (Wildman–Crippen LogP) is 4.30. The van der Waals surface area contributed by atoms with E-state index in [9.17, 15) is 9.18 Å². The molecular formula is C25H27FN4O2S. The minimum Gasteiger partial charge on any atom is -0.497 e. The molecule has 6 nitrogen and oxygen atoms in total. The Kier molecular flexibility index (Phi) is 5.80. The van der Waals surface area contributed by atoms with Crippen molar-refractivity contribution >= 4 is 28.7 Å². The van der Waals surface area contributed by atoms with E-state index in [1.165, 1.54) is 24.5 Å². The third-order valence-electron chi connectivity index (χ3n) is 6.56. The fourth-order valence-corrected chi connectivity index (χ4v) is 5.74. The minimum atomic E-state index is -0.351. The van der Waals surface area contributed by atoms with E-state index in [2.05, 4.69) is 28.9 Å². The lowest BCUT2D eigenvalue weighted by molar-refractivity contribution is 0.0985. The predicted molar refractivity (Wildman–Crippen MR) is 130 cm³/mol. The maximum atomic E-state index is 14.6. The van der Waals surface area contributed by atoms with Crippen molar-refractivity contribution < 1.29 is 13.9 Å². The molecule has 1 fully saturated rings. The van der Waals surface area contributed by atoms with E-state index >= 15 is 0 Å². The van der Waals surface area contributed by atoms with E-state index in [-0.39, 0.29) is 11.7 Å². The summed E-state index contributed by atoms with van der Waals surface area (Å²) in [5.74, 6) is 1.02. The van der Waals surface area contributed by atoms with Crippen LogP contribution in [0, 0.1) is 5.82 Å². The van der Waals surface area contributed by atoms with Gasteiger partial charge in [-0.15, -0.1) is 11.3 Å². The highest BCUT2D eigenvalue weighted by molar-refractivity contribution is 7.17. The van der Waals surface area contributed by atoms with Gasteiger partial charge in [-0.05, 0) is 62.8 Å². The summed E-state index contributed by atoms with van der Waals surface area (Å²) in [6.07, 6.45) is 3.64. The molecule has 1 amide bonds. The number of rotatable bonds is 5. The smallest absolute Gasteiger partial charge is 0.268 e. The topological polar surface area (TPSA) is 48.9 Å². The van der Waals surface area contributed by atoms with Crippen LogP contribution in [0.1, 0.15) is 21.7 Å². The van der Waals surface area contributed by atoms with Crippen molar-refractivity contribution in [3.8, 4) is 16.2 Å². The molecule has 0 unspecified atom stereocenters.